The highest BCUT2D eigenvalue weighted by Crippen LogP contribution is 2.38. The van der Waals surface area contributed by atoms with Crippen LogP contribution in [0.3, 0.4) is 0 Å². The molecule has 3 aromatic carbocycles. The molecule has 0 bridgehead atoms. The van der Waals surface area contributed by atoms with Crippen molar-refractivity contribution in [3.8, 4) is 0 Å². The predicted octanol–water partition coefficient (Wildman–Crippen LogP) is 4.90. The second kappa shape index (κ2) is 12.9. The molecule has 0 atom stereocenters. The number of benzene rings is 3. The molecule has 14 nitrogen and oxygen atoms in total. The molecule has 0 aliphatic heterocycles. The van der Waals surface area contributed by atoms with E-state index >= 15 is 0 Å². The zero-order valence-corrected chi connectivity index (χ0v) is 23.2. The van der Waals surface area contributed by atoms with Gasteiger partial charge in [0.15, 0.2) is 5.69 Å². The first-order chi connectivity index (χ1) is 19.3. The molecule has 3 amide bonds. The lowest BCUT2D eigenvalue weighted by Crippen LogP contribution is -2.39. The summed E-state index contributed by atoms with van der Waals surface area (Å²) in [6.07, 6.45) is 1.49. The van der Waals surface area contributed by atoms with Crippen LogP contribution in [0.1, 0.15) is 41.3 Å². The molecule has 0 saturated heterocycles. The summed E-state index contributed by atoms with van der Waals surface area (Å²) in [6.45, 7) is 5.82. The number of anilines is 3. The Kier molecular flexibility index (Phi) is 9.57. The number of hydrogen-bond donors (Lipinski definition) is 4. The molecule has 0 aromatic heterocycles. The van der Waals surface area contributed by atoms with E-state index in [4.69, 9.17) is 0 Å². The van der Waals surface area contributed by atoms with Crippen molar-refractivity contribution in [2.75, 3.05) is 17.2 Å². The van der Waals surface area contributed by atoms with E-state index in [1.54, 1.807) is 25.1 Å². The molecule has 216 valence electrons. The molecule has 3 rings (SSSR count). The zero-order valence-electron chi connectivity index (χ0n) is 22.4. The van der Waals surface area contributed by atoms with Gasteiger partial charge in [-0.15, -0.1) is 0 Å². The Hall–Kier alpha value is -5.05. The first-order valence-corrected chi connectivity index (χ1v) is 13.8. The van der Waals surface area contributed by atoms with Gasteiger partial charge >= 0.3 is 17.4 Å². The molecule has 15 heteroatoms. The molecule has 0 aliphatic carbocycles. The largest absolute Gasteiger partial charge is 0.344 e. The molecule has 0 fully saturated rings. The lowest BCUT2D eigenvalue weighted by molar-refractivity contribution is -0.392. The van der Waals surface area contributed by atoms with E-state index in [-0.39, 0.29) is 21.8 Å². The zero-order chi connectivity index (χ0) is 30.3. The summed E-state index contributed by atoms with van der Waals surface area (Å²) in [5.41, 5.74) is 0.0299. The second-order valence-corrected chi connectivity index (χ2v) is 10.7. The van der Waals surface area contributed by atoms with Gasteiger partial charge in [0.05, 0.1) is 20.3 Å². The molecule has 0 radical (unpaired) electrons. The van der Waals surface area contributed by atoms with E-state index in [0.29, 0.717) is 24.2 Å². The first-order valence-electron chi connectivity index (χ1n) is 12.4. The van der Waals surface area contributed by atoms with Crippen molar-refractivity contribution < 1.29 is 27.9 Å². The van der Waals surface area contributed by atoms with E-state index in [1.165, 1.54) is 12.1 Å². The first kappa shape index (κ1) is 30.5. The molecule has 41 heavy (non-hydrogen) atoms. The van der Waals surface area contributed by atoms with Gasteiger partial charge in [-0.25, -0.2) is 17.9 Å². The summed E-state index contributed by atoms with van der Waals surface area (Å²) >= 11 is 0. The summed E-state index contributed by atoms with van der Waals surface area (Å²) in [4.78, 5) is 46.5. The standard InChI is InChI=1S/C26H28N6O8S/c1-4-5-12-27-26(34)30-41(39,40)20-9-7-19(8-10-20)28-25(33)18-14-22(31(35)36)24(23(15-18)32(37)38)29-21-11-6-16(2)13-17(21)3/h6-11,13-15,29H,4-5,12H2,1-3H3,(H,28,33)(H2,27,30,34). The maximum atomic E-state index is 12.9. The summed E-state index contributed by atoms with van der Waals surface area (Å²) in [5.74, 6) is -0.904. The fourth-order valence-electron chi connectivity index (χ4n) is 3.76. The normalized spacial score (nSPS) is 10.9. The molecular weight excluding hydrogens is 556 g/mol. The Labute approximate surface area is 235 Å². The van der Waals surface area contributed by atoms with Crippen molar-refractivity contribution in [3.05, 3.63) is 91.5 Å². The summed E-state index contributed by atoms with van der Waals surface area (Å²) in [7, 11) is -4.19. The van der Waals surface area contributed by atoms with Crippen LogP contribution in [0.15, 0.2) is 59.5 Å². The van der Waals surface area contributed by atoms with Crippen LogP contribution in [-0.4, -0.2) is 36.7 Å². The lowest BCUT2D eigenvalue weighted by atomic mass is 10.1. The number of carbonyl (C=O) groups is 2. The number of rotatable bonds is 11. The van der Waals surface area contributed by atoms with Gasteiger partial charge in [-0.3, -0.25) is 25.0 Å². The third-order valence-corrected chi connectivity index (χ3v) is 7.21. The maximum Gasteiger partial charge on any atom is 0.328 e. The smallest absolute Gasteiger partial charge is 0.328 e. The van der Waals surface area contributed by atoms with E-state index in [0.717, 1.165) is 36.2 Å². The van der Waals surface area contributed by atoms with Crippen LogP contribution in [0.25, 0.3) is 0 Å². The monoisotopic (exact) mass is 584 g/mol. The minimum Gasteiger partial charge on any atom is -0.344 e. The molecule has 3 aromatic rings. The Balaban J connectivity index is 1.85. The average molecular weight is 585 g/mol. The maximum absolute atomic E-state index is 12.9. The van der Waals surface area contributed by atoms with Gasteiger partial charge in [-0.2, -0.15) is 0 Å². The van der Waals surface area contributed by atoms with Crippen molar-refractivity contribution in [1.82, 2.24) is 10.0 Å². The molecule has 0 aliphatic rings. The molecule has 0 heterocycles. The predicted molar refractivity (Wildman–Crippen MR) is 152 cm³/mol. The molecule has 0 unspecified atom stereocenters. The van der Waals surface area contributed by atoms with Crippen LogP contribution < -0.4 is 20.7 Å². The number of unbranched alkanes of at least 4 members (excludes halogenated alkanes) is 1. The number of hydrogen-bond acceptors (Lipinski definition) is 9. The highest BCUT2D eigenvalue weighted by Gasteiger charge is 2.29. The highest BCUT2D eigenvalue weighted by atomic mass is 32.2. The quantitative estimate of drug-likeness (QED) is 0.137. The minimum absolute atomic E-state index is 0.101. The number of nitro groups is 2. The molecule has 4 N–H and O–H groups in total. The Morgan fingerprint density at radius 2 is 1.51 bits per heavy atom. The van der Waals surface area contributed by atoms with Gasteiger partial charge in [0, 0.05) is 30.1 Å². The van der Waals surface area contributed by atoms with Crippen LogP contribution in [0.2, 0.25) is 0 Å². The summed E-state index contributed by atoms with van der Waals surface area (Å²) in [5, 5.41) is 31.3. The number of urea groups is 1. The number of amides is 3. The van der Waals surface area contributed by atoms with E-state index in [1.807, 2.05) is 18.6 Å². The van der Waals surface area contributed by atoms with Gasteiger partial charge in [-0.1, -0.05) is 31.0 Å². The van der Waals surface area contributed by atoms with Gasteiger partial charge in [0.2, 0.25) is 0 Å². The van der Waals surface area contributed by atoms with Crippen molar-refractivity contribution >= 4 is 50.4 Å². The Morgan fingerprint density at radius 3 is 2.05 bits per heavy atom. The summed E-state index contributed by atoms with van der Waals surface area (Å²) in [6, 6.07) is 10.9. The molecule has 0 spiro atoms. The number of sulfonamides is 1. The van der Waals surface area contributed by atoms with Gasteiger partial charge < -0.3 is 16.0 Å². The Bertz CT molecular complexity index is 1570. The van der Waals surface area contributed by atoms with Gasteiger partial charge in [-0.05, 0) is 56.2 Å². The van der Waals surface area contributed by atoms with Crippen molar-refractivity contribution in [3.63, 3.8) is 0 Å². The number of nitrogens with zero attached hydrogens (tertiary/aromatic N) is 2. The SMILES string of the molecule is CCCCNC(=O)NS(=O)(=O)c1ccc(NC(=O)c2cc([N+](=O)[O-])c(Nc3ccc(C)cc3C)c([N+](=O)[O-])c2)cc1. The average Bonchev–Trinajstić information content (AvgIpc) is 2.90. The van der Waals surface area contributed by atoms with Crippen molar-refractivity contribution in [2.45, 2.75) is 38.5 Å². The van der Waals surface area contributed by atoms with Crippen LogP contribution >= 0.6 is 0 Å². The van der Waals surface area contributed by atoms with Crippen LogP contribution in [0, 0.1) is 34.1 Å². The van der Waals surface area contributed by atoms with Crippen molar-refractivity contribution in [2.24, 2.45) is 0 Å². The van der Waals surface area contributed by atoms with E-state index in [9.17, 15) is 38.2 Å². The van der Waals surface area contributed by atoms with Gasteiger partial charge in [0.25, 0.3) is 15.9 Å². The Morgan fingerprint density at radius 1 is 0.902 bits per heavy atom. The second-order valence-electron chi connectivity index (χ2n) is 9.04. The van der Waals surface area contributed by atoms with Crippen LogP contribution in [0.5, 0.6) is 0 Å². The highest BCUT2D eigenvalue weighted by molar-refractivity contribution is 7.90. The van der Waals surface area contributed by atoms with E-state index in [2.05, 4.69) is 16.0 Å². The lowest BCUT2D eigenvalue weighted by Gasteiger charge is -2.13. The van der Waals surface area contributed by atoms with Crippen molar-refractivity contribution in [1.29, 1.82) is 0 Å². The fourth-order valence-corrected chi connectivity index (χ4v) is 4.69. The van der Waals surface area contributed by atoms with Crippen LogP contribution in [0.4, 0.5) is 33.2 Å². The van der Waals surface area contributed by atoms with E-state index < -0.39 is 43.2 Å². The minimum atomic E-state index is -4.19. The number of aryl methyl sites for hydroxylation is 2. The van der Waals surface area contributed by atoms with Gasteiger partial charge in [0.1, 0.15) is 0 Å². The summed E-state index contributed by atoms with van der Waals surface area (Å²) < 4.78 is 26.8. The molecule has 0 saturated carbocycles. The third kappa shape index (κ3) is 7.76. The van der Waals surface area contributed by atoms with Crippen LogP contribution in [-0.2, 0) is 10.0 Å². The topological polar surface area (TPSA) is 203 Å². The molecular formula is C26H28N6O8S. The number of nitro benzene ring substituents is 2. The third-order valence-electron chi connectivity index (χ3n) is 5.86. The number of nitrogens with one attached hydrogen (secondary N) is 4. The fraction of sp³-hybridized carbons (Fsp3) is 0.231. The number of carbonyl (C=O) groups excluding carboxylic acids is 2.